The molecule has 37 heavy (non-hydrogen) atoms. The number of hydrogen-bond acceptors (Lipinski definition) is 6. The highest BCUT2D eigenvalue weighted by Gasteiger charge is 2.15. The van der Waals surface area contributed by atoms with Crippen LogP contribution in [0.2, 0.25) is 0 Å². The highest BCUT2D eigenvalue weighted by molar-refractivity contribution is 7.08. The predicted octanol–water partition coefficient (Wildman–Crippen LogP) is 5.88. The number of nitrogens with zero attached hydrogens (tertiary/aromatic N) is 4. The van der Waals surface area contributed by atoms with Crippen molar-refractivity contribution >= 4 is 45.8 Å². The van der Waals surface area contributed by atoms with Crippen molar-refractivity contribution in [3.63, 3.8) is 0 Å². The summed E-state index contributed by atoms with van der Waals surface area (Å²) in [6, 6.07) is 4.12. The average molecular weight is 508 g/mol. The van der Waals surface area contributed by atoms with E-state index in [1.54, 1.807) is 23.7 Å². The number of pyridine rings is 2. The van der Waals surface area contributed by atoms with Crippen LogP contribution in [0, 0.1) is 0 Å². The summed E-state index contributed by atoms with van der Waals surface area (Å²) < 4.78 is 0. The molecule has 7 nitrogen and oxygen atoms in total. The van der Waals surface area contributed by atoms with Crippen LogP contribution in [0.4, 0.5) is 5.69 Å². The number of anilines is 1. The van der Waals surface area contributed by atoms with Crippen molar-refractivity contribution in [1.29, 1.82) is 0 Å². The van der Waals surface area contributed by atoms with Crippen LogP contribution in [-0.2, 0) is 0 Å². The first kappa shape index (κ1) is 24.4. The molecule has 0 aliphatic carbocycles. The van der Waals surface area contributed by atoms with E-state index < -0.39 is 0 Å². The number of imidazole rings is 1. The summed E-state index contributed by atoms with van der Waals surface area (Å²) in [7, 11) is 0. The number of rotatable bonds is 9. The molecular weight excluding hydrogens is 478 g/mol. The molecule has 3 N–H and O–H groups in total. The lowest BCUT2D eigenvalue weighted by atomic mass is 10.1. The molecule has 0 fully saturated rings. The minimum Gasteiger partial charge on any atom is -0.358 e. The third-order valence-corrected chi connectivity index (χ3v) is 6.84. The summed E-state index contributed by atoms with van der Waals surface area (Å²) in [4.78, 5) is 17.2. The van der Waals surface area contributed by atoms with Gasteiger partial charge in [0.1, 0.15) is 11.2 Å². The zero-order chi connectivity index (χ0) is 25.8. The van der Waals surface area contributed by atoms with Crippen molar-refractivity contribution < 1.29 is 0 Å². The van der Waals surface area contributed by atoms with E-state index in [0.717, 1.165) is 80.2 Å². The molecule has 0 saturated heterocycles. The molecule has 5 aromatic heterocycles. The molecule has 0 saturated carbocycles. The number of thiophene rings is 1. The van der Waals surface area contributed by atoms with Crippen molar-refractivity contribution in [2.24, 2.45) is 0 Å². The molecule has 0 aliphatic rings. The first-order chi connectivity index (χ1) is 18.1. The fraction of sp³-hybridized carbons (Fsp3) is 0.172. The molecule has 0 unspecified atom stereocenters. The van der Waals surface area contributed by atoms with Gasteiger partial charge in [0.2, 0.25) is 0 Å². The number of nitrogens with one attached hydrogen (secondary N) is 3. The van der Waals surface area contributed by atoms with E-state index in [2.05, 4.69) is 67.4 Å². The third-order valence-electron chi connectivity index (χ3n) is 6.15. The number of aromatic nitrogens is 6. The lowest BCUT2D eigenvalue weighted by Crippen LogP contribution is -2.23. The van der Waals surface area contributed by atoms with Gasteiger partial charge in [0, 0.05) is 34.4 Å². The maximum Gasteiger partial charge on any atom is 0.159 e. The third kappa shape index (κ3) is 5.15. The van der Waals surface area contributed by atoms with E-state index in [-0.39, 0.29) is 0 Å². The molecule has 0 bridgehead atoms. The van der Waals surface area contributed by atoms with E-state index in [1.807, 2.05) is 37.5 Å². The van der Waals surface area contributed by atoms with Crippen molar-refractivity contribution in [2.45, 2.75) is 33.1 Å². The van der Waals surface area contributed by atoms with Crippen molar-refractivity contribution in [3.8, 4) is 22.6 Å². The summed E-state index contributed by atoms with van der Waals surface area (Å²) in [6.07, 6.45) is 14.4. The molecule has 0 spiro atoms. The highest BCUT2D eigenvalue weighted by Crippen LogP contribution is 2.29. The minimum absolute atomic E-state index is 0.670. The Morgan fingerprint density at radius 2 is 2.03 bits per heavy atom. The number of H-pyrrole nitrogens is 2. The van der Waals surface area contributed by atoms with Crippen LogP contribution < -0.4 is 15.9 Å². The zero-order valence-electron chi connectivity index (χ0n) is 21.0. The van der Waals surface area contributed by atoms with Gasteiger partial charge in [-0.2, -0.15) is 16.4 Å². The van der Waals surface area contributed by atoms with Gasteiger partial charge in [0.05, 0.1) is 28.9 Å². The first-order valence-corrected chi connectivity index (χ1v) is 13.2. The molecule has 0 aliphatic heterocycles. The van der Waals surface area contributed by atoms with Gasteiger partial charge in [-0.25, -0.2) is 4.98 Å². The van der Waals surface area contributed by atoms with Crippen LogP contribution >= 0.6 is 11.3 Å². The van der Waals surface area contributed by atoms with Crippen LogP contribution in [0.25, 0.3) is 51.4 Å². The topological polar surface area (TPSA) is 95.2 Å². The van der Waals surface area contributed by atoms with Gasteiger partial charge in [0.15, 0.2) is 5.82 Å². The van der Waals surface area contributed by atoms with Gasteiger partial charge in [-0.05, 0) is 59.9 Å². The Morgan fingerprint density at radius 3 is 2.81 bits per heavy atom. The summed E-state index contributed by atoms with van der Waals surface area (Å²) in [5.74, 6) is 0.670. The maximum absolute atomic E-state index is 4.93. The predicted molar refractivity (Wildman–Crippen MR) is 154 cm³/mol. The SMILES string of the molecule is C=C(CCCC)Nc1cncc(C(=C)/C=c2/c(-c3nc4c(-c5ccsc5)cncc4[nH]3)n[nH]/c2=C/C)c1. The van der Waals surface area contributed by atoms with Crippen LogP contribution in [-0.4, -0.2) is 30.1 Å². The van der Waals surface area contributed by atoms with Crippen LogP contribution in [0.5, 0.6) is 0 Å². The zero-order valence-corrected chi connectivity index (χ0v) is 21.8. The molecule has 0 atom stereocenters. The number of aromatic amines is 2. The van der Waals surface area contributed by atoms with Gasteiger partial charge in [-0.1, -0.05) is 32.6 Å². The van der Waals surface area contributed by atoms with Gasteiger partial charge < -0.3 is 10.3 Å². The second-order valence-electron chi connectivity index (χ2n) is 8.83. The highest BCUT2D eigenvalue weighted by atomic mass is 32.1. The average Bonchev–Trinajstić information content (AvgIpc) is 3.67. The first-order valence-electron chi connectivity index (χ1n) is 12.3. The number of allylic oxidation sites excluding steroid dienone is 2. The van der Waals surface area contributed by atoms with E-state index in [9.17, 15) is 0 Å². The lowest BCUT2D eigenvalue weighted by Gasteiger charge is -2.10. The van der Waals surface area contributed by atoms with E-state index in [0.29, 0.717) is 5.82 Å². The fourth-order valence-electron chi connectivity index (χ4n) is 4.18. The Balaban J connectivity index is 1.52. The van der Waals surface area contributed by atoms with Gasteiger partial charge in [-0.3, -0.25) is 15.1 Å². The van der Waals surface area contributed by atoms with Gasteiger partial charge in [-0.15, -0.1) is 0 Å². The maximum atomic E-state index is 4.93. The van der Waals surface area contributed by atoms with Crippen LogP contribution in [0.15, 0.2) is 66.5 Å². The Hall–Kier alpha value is -4.30. The molecule has 5 aromatic rings. The monoisotopic (exact) mass is 507 g/mol. The fourth-order valence-corrected chi connectivity index (χ4v) is 4.84. The lowest BCUT2D eigenvalue weighted by molar-refractivity contribution is 0.791. The Labute approximate surface area is 219 Å². The molecule has 0 aromatic carbocycles. The van der Waals surface area contributed by atoms with Gasteiger partial charge >= 0.3 is 0 Å². The quantitative estimate of drug-likeness (QED) is 0.232. The van der Waals surface area contributed by atoms with Crippen molar-refractivity contribution in [3.05, 3.63) is 82.7 Å². The second kappa shape index (κ2) is 10.8. The molecule has 186 valence electrons. The molecule has 5 rings (SSSR count). The number of unbranched alkanes of at least 4 members (excludes halogenated alkanes) is 1. The number of fused-ring (bicyclic) bond motifs is 1. The van der Waals surface area contributed by atoms with Crippen LogP contribution in [0.3, 0.4) is 0 Å². The summed E-state index contributed by atoms with van der Waals surface area (Å²) >= 11 is 1.65. The van der Waals surface area contributed by atoms with E-state index in [1.165, 1.54) is 0 Å². The molecule has 5 heterocycles. The molecular formula is C29H29N7S. The molecule has 8 heteroatoms. The minimum atomic E-state index is 0.670. The van der Waals surface area contributed by atoms with Crippen molar-refractivity contribution in [2.75, 3.05) is 5.32 Å². The summed E-state index contributed by atoms with van der Waals surface area (Å²) in [5, 5.41) is 17.0. The van der Waals surface area contributed by atoms with Crippen molar-refractivity contribution in [1.82, 2.24) is 30.1 Å². The summed E-state index contributed by atoms with van der Waals surface area (Å²) in [6.45, 7) is 12.6. The largest absolute Gasteiger partial charge is 0.358 e. The molecule has 0 amide bonds. The Bertz CT molecular complexity index is 1690. The normalized spacial score (nSPS) is 12.4. The second-order valence-corrected chi connectivity index (χ2v) is 9.61. The van der Waals surface area contributed by atoms with Gasteiger partial charge in [0.25, 0.3) is 0 Å². The van der Waals surface area contributed by atoms with Crippen LogP contribution in [0.1, 0.15) is 38.7 Å². The summed E-state index contributed by atoms with van der Waals surface area (Å²) in [5.41, 5.74) is 8.15. The van der Waals surface area contributed by atoms with E-state index in [4.69, 9.17) is 4.98 Å². The smallest absolute Gasteiger partial charge is 0.159 e. The Kier molecular flexibility index (Phi) is 7.09. The van der Waals surface area contributed by atoms with E-state index >= 15 is 0 Å². The Morgan fingerprint density at radius 1 is 1.16 bits per heavy atom. The standard InChI is InChI=1S/C29H29N7S/c1-5-7-8-19(4)32-22-12-21(13-30-14-22)18(3)11-23-25(6-2)35-36-28(23)29-33-26-16-31-15-24(27(26)34-29)20-9-10-37-17-20/h6,9-17,32,35H,3-5,7-8H2,1-2H3,(H,33,34)/b23-11+,25-6+. The molecule has 0 radical (unpaired) electrons. The number of hydrogen-bond donors (Lipinski definition) is 3.